The number of nitrogens with one attached hydrogen (secondary N) is 1. The fraction of sp³-hybridized carbons (Fsp3) is 0.438. The van der Waals surface area contributed by atoms with Crippen molar-refractivity contribution in [3.05, 3.63) is 99.7 Å². The van der Waals surface area contributed by atoms with E-state index < -0.39 is 5.09 Å². The van der Waals surface area contributed by atoms with Gasteiger partial charge in [-0.05, 0) is 33.9 Å². The molecule has 37 heavy (non-hydrogen) atoms. The van der Waals surface area contributed by atoms with Gasteiger partial charge in [-0.2, -0.15) is 0 Å². The minimum atomic E-state index is -1.75. The SMILES string of the molecule is CC(C)(C)C(C)(C)C(C)(c1ccccc1)C(C)(C)CC[NH+]1c2ccccc2-c2ccccc21.O=[N+]([O-])[O-]. The Morgan fingerprint density at radius 3 is 1.51 bits per heavy atom. The molecule has 198 valence electrons. The summed E-state index contributed by atoms with van der Waals surface area (Å²) in [5.74, 6) is 0. The summed E-state index contributed by atoms with van der Waals surface area (Å²) in [7, 11) is 0. The van der Waals surface area contributed by atoms with Crippen molar-refractivity contribution in [3.63, 3.8) is 0 Å². The van der Waals surface area contributed by atoms with E-state index in [-0.39, 0.29) is 21.7 Å². The summed E-state index contributed by atoms with van der Waals surface area (Å²) in [4.78, 5) is 9.76. The summed E-state index contributed by atoms with van der Waals surface area (Å²) < 4.78 is 0. The lowest BCUT2D eigenvalue weighted by atomic mass is 9.44. The highest BCUT2D eigenvalue weighted by molar-refractivity contribution is 5.84. The molecule has 1 atom stereocenters. The first-order valence-corrected chi connectivity index (χ1v) is 13.1. The van der Waals surface area contributed by atoms with Crippen LogP contribution in [-0.2, 0) is 5.41 Å². The van der Waals surface area contributed by atoms with Gasteiger partial charge in [-0.3, -0.25) is 4.90 Å². The molecule has 3 aromatic carbocycles. The molecule has 0 amide bonds. The van der Waals surface area contributed by atoms with Crippen molar-refractivity contribution in [2.24, 2.45) is 16.2 Å². The molecule has 0 saturated heterocycles. The highest BCUT2D eigenvalue weighted by atomic mass is 16.9. The van der Waals surface area contributed by atoms with E-state index in [4.69, 9.17) is 15.3 Å². The Hall–Kier alpha value is -3.18. The fourth-order valence-corrected chi connectivity index (χ4v) is 6.18. The lowest BCUT2D eigenvalue weighted by Gasteiger charge is -2.60. The number of quaternary nitrogens is 1. The van der Waals surface area contributed by atoms with Crippen molar-refractivity contribution in [1.82, 2.24) is 0 Å². The smallest absolute Gasteiger partial charge is 0.144 e. The zero-order chi connectivity index (χ0) is 27.6. The summed E-state index contributed by atoms with van der Waals surface area (Å²) >= 11 is 0. The van der Waals surface area contributed by atoms with E-state index in [1.807, 2.05) is 0 Å². The molecule has 1 heterocycles. The van der Waals surface area contributed by atoms with Crippen LogP contribution < -0.4 is 4.90 Å². The molecule has 1 aliphatic rings. The maximum Gasteiger partial charge on any atom is 0.144 e. The molecular weight excluding hydrogens is 460 g/mol. The molecule has 0 fully saturated rings. The molecule has 5 heteroatoms. The van der Waals surface area contributed by atoms with Gasteiger partial charge in [-0.15, -0.1) is 0 Å². The average Bonchev–Trinajstić information content (AvgIpc) is 3.15. The predicted octanol–water partition coefficient (Wildman–Crippen LogP) is 7.72. The van der Waals surface area contributed by atoms with Gasteiger partial charge in [0.2, 0.25) is 0 Å². The van der Waals surface area contributed by atoms with Gasteiger partial charge in [-0.25, -0.2) is 0 Å². The predicted molar refractivity (Wildman–Crippen MR) is 153 cm³/mol. The van der Waals surface area contributed by atoms with Gasteiger partial charge < -0.3 is 15.3 Å². The first kappa shape index (κ1) is 28.4. The minimum absolute atomic E-state index is 0.00227. The van der Waals surface area contributed by atoms with Crippen LogP contribution in [0.1, 0.15) is 67.4 Å². The lowest BCUT2D eigenvalue weighted by Crippen LogP contribution is -3.01. The van der Waals surface area contributed by atoms with Gasteiger partial charge in [0.15, 0.2) is 0 Å². The van der Waals surface area contributed by atoms with Gasteiger partial charge in [0.25, 0.3) is 0 Å². The second-order valence-electron chi connectivity index (χ2n) is 12.5. The molecule has 0 aromatic heterocycles. The lowest BCUT2D eigenvalue weighted by molar-refractivity contribution is -0.758. The molecule has 1 unspecified atom stereocenters. The normalized spacial score (nSPS) is 15.1. The number of rotatable bonds is 6. The van der Waals surface area contributed by atoms with Crippen molar-refractivity contribution in [3.8, 4) is 11.1 Å². The standard InChI is InChI=1S/C32H41N.NO3/c1-29(2,3)31(6,7)32(8,24-16-10-9-11-17-24)30(4,5)22-23-33-27-20-14-12-18-25(27)26-19-13-15-21-28(26)33;2-1(3)4/h9-21H,22-23H2,1-8H3;/q;-1/p+1. The summed E-state index contributed by atoms with van der Waals surface area (Å²) in [6.07, 6.45) is 1.13. The third kappa shape index (κ3) is 5.15. The van der Waals surface area contributed by atoms with E-state index in [0.717, 1.165) is 13.0 Å². The molecule has 0 saturated carbocycles. The molecule has 0 radical (unpaired) electrons. The van der Waals surface area contributed by atoms with Crippen molar-refractivity contribution in [2.45, 2.75) is 67.2 Å². The number of hydrogen-bond acceptors (Lipinski definition) is 3. The van der Waals surface area contributed by atoms with Gasteiger partial charge in [0, 0.05) is 35.1 Å². The number of hydrogen-bond donors (Lipinski definition) is 1. The number of benzene rings is 3. The molecule has 4 rings (SSSR count). The Morgan fingerprint density at radius 2 is 1.08 bits per heavy atom. The molecule has 5 nitrogen and oxygen atoms in total. The second-order valence-corrected chi connectivity index (χ2v) is 12.5. The van der Waals surface area contributed by atoms with Crippen molar-refractivity contribution < 1.29 is 9.99 Å². The molecule has 0 aliphatic carbocycles. The highest BCUT2D eigenvalue weighted by Gasteiger charge is 2.56. The zero-order valence-corrected chi connectivity index (χ0v) is 23.6. The van der Waals surface area contributed by atoms with Crippen LogP contribution in [-0.4, -0.2) is 11.6 Å². The van der Waals surface area contributed by atoms with Gasteiger partial charge >= 0.3 is 0 Å². The summed E-state index contributed by atoms with van der Waals surface area (Å²) in [6.45, 7) is 20.8. The van der Waals surface area contributed by atoms with Gasteiger partial charge in [-0.1, -0.05) is 110 Å². The second kappa shape index (κ2) is 10.3. The first-order chi connectivity index (χ1) is 17.1. The van der Waals surface area contributed by atoms with Crippen molar-refractivity contribution in [1.29, 1.82) is 0 Å². The highest BCUT2D eigenvalue weighted by Crippen LogP contribution is 2.61. The van der Waals surface area contributed by atoms with E-state index in [1.54, 1.807) is 0 Å². The molecule has 3 aromatic rings. The van der Waals surface area contributed by atoms with E-state index >= 15 is 0 Å². The quantitative estimate of drug-likeness (QED) is 0.277. The molecule has 0 spiro atoms. The fourth-order valence-electron chi connectivity index (χ4n) is 6.18. The number of nitrogens with zero attached hydrogens (tertiary/aromatic N) is 1. The van der Waals surface area contributed by atoms with Crippen LogP contribution in [0.4, 0.5) is 11.4 Å². The van der Waals surface area contributed by atoms with Crippen LogP contribution in [0, 0.1) is 31.6 Å². The van der Waals surface area contributed by atoms with Crippen molar-refractivity contribution >= 4 is 11.4 Å². The maximum absolute atomic E-state index is 8.25. The summed E-state index contributed by atoms with van der Waals surface area (Å²) in [5, 5.41) is 14.8. The molecule has 1 aliphatic heterocycles. The van der Waals surface area contributed by atoms with E-state index in [0.29, 0.717) is 0 Å². The van der Waals surface area contributed by atoms with Crippen LogP contribution in [0.5, 0.6) is 0 Å². The third-order valence-electron chi connectivity index (χ3n) is 9.62. The third-order valence-corrected chi connectivity index (χ3v) is 9.62. The Bertz CT molecular complexity index is 1180. The first-order valence-electron chi connectivity index (χ1n) is 13.1. The van der Waals surface area contributed by atoms with Gasteiger partial charge in [0.05, 0.1) is 11.6 Å². The Balaban J connectivity index is 0.000000886. The topological polar surface area (TPSA) is 70.6 Å². The zero-order valence-electron chi connectivity index (χ0n) is 23.6. The van der Waals surface area contributed by atoms with Crippen LogP contribution in [0.2, 0.25) is 0 Å². The molecule has 1 N–H and O–H groups in total. The van der Waals surface area contributed by atoms with Crippen molar-refractivity contribution in [2.75, 3.05) is 6.54 Å². The number of fused-ring (bicyclic) bond motifs is 3. The van der Waals surface area contributed by atoms with E-state index in [1.165, 1.54) is 33.0 Å². The summed E-state index contributed by atoms with van der Waals surface area (Å²) in [6, 6.07) is 29.2. The van der Waals surface area contributed by atoms with E-state index in [2.05, 4.69) is 134 Å². The monoisotopic (exact) mass is 502 g/mol. The van der Waals surface area contributed by atoms with E-state index in [9.17, 15) is 0 Å². The maximum atomic E-state index is 8.25. The van der Waals surface area contributed by atoms with Gasteiger partial charge in [0.1, 0.15) is 11.4 Å². The Morgan fingerprint density at radius 1 is 0.676 bits per heavy atom. The molecular formula is C32H42N2O3. The summed E-state index contributed by atoms with van der Waals surface area (Å²) in [5.41, 5.74) is 7.41. The molecule has 0 bridgehead atoms. The largest absolute Gasteiger partial charge is 0.356 e. The Labute approximate surface area is 222 Å². The van der Waals surface area contributed by atoms with Crippen LogP contribution >= 0.6 is 0 Å². The van der Waals surface area contributed by atoms with Crippen LogP contribution in [0.15, 0.2) is 78.9 Å². The van der Waals surface area contributed by atoms with Crippen LogP contribution in [0.3, 0.4) is 0 Å². The minimum Gasteiger partial charge on any atom is -0.356 e. The Kier molecular flexibility index (Phi) is 7.90. The van der Waals surface area contributed by atoms with Crippen LogP contribution in [0.25, 0.3) is 11.1 Å². The number of para-hydroxylation sites is 2. The average molecular weight is 503 g/mol.